The van der Waals surface area contributed by atoms with Gasteiger partial charge in [-0.05, 0) is 13.8 Å². The number of nitrogens with one attached hydrogen (secondary N) is 2. The smallest absolute Gasteiger partial charge is 0.206 e. The Hall–Kier alpha value is -1.56. The van der Waals surface area contributed by atoms with E-state index in [-0.39, 0.29) is 0 Å². The van der Waals surface area contributed by atoms with Gasteiger partial charge in [-0.1, -0.05) is 0 Å². The van der Waals surface area contributed by atoms with Gasteiger partial charge < -0.3 is 5.32 Å². The van der Waals surface area contributed by atoms with Gasteiger partial charge in [0, 0.05) is 24.8 Å². The van der Waals surface area contributed by atoms with Crippen LogP contribution in [0.25, 0.3) is 0 Å². The Morgan fingerprint density at radius 1 is 1.67 bits per heavy atom. The van der Waals surface area contributed by atoms with Gasteiger partial charge in [0.15, 0.2) is 0 Å². The summed E-state index contributed by atoms with van der Waals surface area (Å²) in [5, 5.41) is 7.15. The zero-order valence-corrected chi connectivity index (χ0v) is 9.36. The molecule has 0 saturated heterocycles. The SMILES string of the molecule is CC(C)NC(=NCc1cnn(C)c1)NN. The first-order valence-electron chi connectivity index (χ1n) is 4.87. The maximum absolute atomic E-state index is 5.33. The molecule has 0 unspecified atom stereocenters. The summed E-state index contributed by atoms with van der Waals surface area (Å²) in [6, 6.07) is 0.300. The fraction of sp³-hybridized carbons (Fsp3) is 0.556. The minimum absolute atomic E-state index is 0.300. The van der Waals surface area contributed by atoms with Gasteiger partial charge in [-0.2, -0.15) is 5.10 Å². The molecule has 84 valence electrons. The fourth-order valence-electron chi connectivity index (χ4n) is 1.13. The van der Waals surface area contributed by atoms with E-state index in [2.05, 4.69) is 20.8 Å². The normalized spacial score (nSPS) is 11.9. The zero-order valence-electron chi connectivity index (χ0n) is 9.36. The van der Waals surface area contributed by atoms with E-state index in [1.165, 1.54) is 0 Å². The summed E-state index contributed by atoms with van der Waals surface area (Å²) in [6.45, 7) is 4.61. The summed E-state index contributed by atoms with van der Waals surface area (Å²) in [6.07, 6.45) is 3.71. The van der Waals surface area contributed by atoms with E-state index in [1.54, 1.807) is 10.9 Å². The van der Waals surface area contributed by atoms with E-state index >= 15 is 0 Å². The Morgan fingerprint density at radius 3 is 2.87 bits per heavy atom. The average Bonchev–Trinajstić information content (AvgIpc) is 2.58. The van der Waals surface area contributed by atoms with Crippen molar-refractivity contribution in [2.75, 3.05) is 0 Å². The standard InChI is InChI=1S/C9H18N6/c1-7(2)13-9(14-10)11-4-8-5-12-15(3)6-8/h5-7H,4,10H2,1-3H3,(H2,11,13,14). The number of nitrogens with two attached hydrogens (primary N) is 1. The first-order valence-corrected chi connectivity index (χ1v) is 4.87. The van der Waals surface area contributed by atoms with E-state index in [1.807, 2.05) is 27.1 Å². The number of aliphatic imine (C=N–C) groups is 1. The van der Waals surface area contributed by atoms with Gasteiger partial charge in [0.05, 0.1) is 12.7 Å². The van der Waals surface area contributed by atoms with Crippen molar-refractivity contribution in [1.82, 2.24) is 20.5 Å². The van der Waals surface area contributed by atoms with Gasteiger partial charge in [0.2, 0.25) is 5.96 Å². The fourth-order valence-corrected chi connectivity index (χ4v) is 1.13. The molecule has 0 aliphatic carbocycles. The third-order valence-electron chi connectivity index (χ3n) is 1.74. The van der Waals surface area contributed by atoms with Crippen LogP contribution in [0.1, 0.15) is 19.4 Å². The number of guanidine groups is 1. The second-order valence-electron chi connectivity index (χ2n) is 3.63. The van der Waals surface area contributed by atoms with Gasteiger partial charge >= 0.3 is 0 Å². The van der Waals surface area contributed by atoms with Crippen molar-refractivity contribution in [2.45, 2.75) is 26.4 Å². The molecular formula is C9H18N6. The lowest BCUT2D eigenvalue weighted by atomic mass is 10.4. The molecule has 0 aromatic carbocycles. The third kappa shape index (κ3) is 3.99. The molecule has 0 bridgehead atoms. The van der Waals surface area contributed by atoms with Gasteiger partial charge in [-0.3, -0.25) is 10.1 Å². The number of aryl methyl sites for hydroxylation is 1. The molecule has 15 heavy (non-hydrogen) atoms. The number of hydrazine groups is 1. The van der Waals surface area contributed by atoms with Crippen LogP contribution in [0, 0.1) is 0 Å². The lowest BCUT2D eigenvalue weighted by molar-refractivity contribution is 0.702. The van der Waals surface area contributed by atoms with Crippen molar-refractivity contribution in [2.24, 2.45) is 17.9 Å². The van der Waals surface area contributed by atoms with Crippen molar-refractivity contribution in [3.8, 4) is 0 Å². The monoisotopic (exact) mass is 210 g/mol. The summed E-state index contributed by atoms with van der Waals surface area (Å²) in [7, 11) is 1.88. The Kier molecular flexibility index (Phi) is 4.11. The first-order chi connectivity index (χ1) is 7.11. The molecule has 0 radical (unpaired) electrons. The van der Waals surface area contributed by atoms with Crippen LogP contribution < -0.4 is 16.6 Å². The number of hydrogen-bond donors (Lipinski definition) is 3. The summed E-state index contributed by atoms with van der Waals surface area (Å²) < 4.78 is 1.75. The minimum atomic E-state index is 0.300. The molecule has 0 amide bonds. The Morgan fingerprint density at radius 2 is 2.40 bits per heavy atom. The van der Waals surface area contributed by atoms with Crippen LogP contribution in [0.4, 0.5) is 0 Å². The number of nitrogens with zero attached hydrogens (tertiary/aromatic N) is 3. The van der Waals surface area contributed by atoms with Crippen molar-refractivity contribution in [3.63, 3.8) is 0 Å². The van der Waals surface area contributed by atoms with Gasteiger partial charge in [-0.25, -0.2) is 10.8 Å². The molecule has 1 heterocycles. The molecule has 0 atom stereocenters. The van der Waals surface area contributed by atoms with E-state index < -0.39 is 0 Å². The van der Waals surface area contributed by atoms with Crippen molar-refractivity contribution < 1.29 is 0 Å². The van der Waals surface area contributed by atoms with Gasteiger partial charge in [0.1, 0.15) is 0 Å². The zero-order chi connectivity index (χ0) is 11.3. The summed E-state index contributed by atoms with van der Waals surface area (Å²) in [5.74, 6) is 5.92. The van der Waals surface area contributed by atoms with Crippen molar-refractivity contribution in [1.29, 1.82) is 0 Å². The average molecular weight is 210 g/mol. The van der Waals surface area contributed by atoms with Gasteiger partial charge in [0.25, 0.3) is 0 Å². The largest absolute Gasteiger partial charge is 0.353 e. The molecule has 1 aromatic rings. The lowest BCUT2D eigenvalue weighted by Gasteiger charge is -2.11. The van der Waals surface area contributed by atoms with Crippen LogP contribution in [-0.2, 0) is 13.6 Å². The van der Waals surface area contributed by atoms with E-state index in [9.17, 15) is 0 Å². The highest BCUT2D eigenvalue weighted by molar-refractivity contribution is 5.79. The topological polar surface area (TPSA) is 80.3 Å². The molecule has 1 rings (SSSR count). The molecule has 0 aliphatic rings. The quantitative estimate of drug-likeness (QED) is 0.278. The molecule has 0 saturated carbocycles. The molecular weight excluding hydrogens is 192 g/mol. The Balaban J connectivity index is 2.54. The summed E-state index contributed by atoms with van der Waals surface area (Å²) >= 11 is 0. The van der Waals surface area contributed by atoms with Gasteiger partial charge in [-0.15, -0.1) is 0 Å². The maximum atomic E-state index is 5.33. The number of rotatable bonds is 3. The number of hydrogen-bond acceptors (Lipinski definition) is 3. The highest BCUT2D eigenvalue weighted by Gasteiger charge is 1.99. The summed E-state index contributed by atoms with van der Waals surface area (Å²) in [5.41, 5.74) is 3.57. The summed E-state index contributed by atoms with van der Waals surface area (Å²) in [4.78, 5) is 4.28. The molecule has 0 spiro atoms. The molecule has 0 aliphatic heterocycles. The van der Waals surface area contributed by atoms with Crippen LogP contribution >= 0.6 is 0 Å². The van der Waals surface area contributed by atoms with Crippen LogP contribution in [0.2, 0.25) is 0 Å². The van der Waals surface area contributed by atoms with E-state index in [0.29, 0.717) is 18.5 Å². The maximum Gasteiger partial charge on any atom is 0.206 e. The van der Waals surface area contributed by atoms with Crippen LogP contribution in [-0.4, -0.2) is 21.8 Å². The molecule has 1 aromatic heterocycles. The minimum Gasteiger partial charge on any atom is -0.353 e. The van der Waals surface area contributed by atoms with E-state index in [0.717, 1.165) is 5.56 Å². The lowest BCUT2D eigenvalue weighted by Crippen LogP contribution is -2.44. The van der Waals surface area contributed by atoms with Crippen LogP contribution in [0.3, 0.4) is 0 Å². The van der Waals surface area contributed by atoms with Crippen molar-refractivity contribution in [3.05, 3.63) is 18.0 Å². The molecule has 6 nitrogen and oxygen atoms in total. The third-order valence-corrected chi connectivity index (χ3v) is 1.74. The molecule has 4 N–H and O–H groups in total. The Bertz CT molecular complexity index is 327. The van der Waals surface area contributed by atoms with Crippen LogP contribution in [0.15, 0.2) is 17.4 Å². The second-order valence-corrected chi connectivity index (χ2v) is 3.63. The van der Waals surface area contributed by atoms with E-state index in [4.69, 9.17) is 5.84 Å². The highest BCUT2D eigenvalue weighted by Crippen LogP contribution is 1.97. The predicted octanol–water partition coefficient (Wildman–Crippen LogP) is -0.263. The first kappa shape index (κ1) is 11.5. The molecule has 0 fully saturated rings. The highest BCUT2D eigenvalue weighted by atomic mass is 15.3. The Labute approximate surface area is 89.5 Å². The second kappa shape index (κ2) is 5.35. The molecule has 6 heteroatoms. The van der Waals surface area contributed by atoms with Crippen LogP contribution in [0.5, 0.6) is 0 Å². The predicted molar refractivity (Wildman–Crippen MR) is 59.9 cm³/mol. The number of aromatic nitrogens is 2. The van der Waals surface area contributed by atoms with Crippen molar-refractivity contribution >= 4 is 5.96 Å².